The van der Waals surface area contributed by atoms with Crippen LogP contribution in [0.15, 0.2) is 0 Å². The first kappa shape index (κ1) is 27.0. The highest BCUT2D eigenvalue weighted by Crippen LogP contribution is 2.39. The van der Waals surface area contributed by atoms with Gasteiger partial charge in [0, 0.05) is 26.1 Å². The number of carbonyl (C=O) groups excluding carboxylic acids is 2. The number of halogens is 3. The van der Waals surface area contributed by atoms with Crippen LogP contribution in [-0.4, -0.2) is 86.3 Å². The molecule has 0 aromatic rings. The molecule has 4 N–H and O–H groups in total. The number of nitrogens with one attached hydrogen (secondary N) is 1. The average molecular weight is 460 g/mol. The number of hydrogen-bond acceptors (Lipinski definition) is 9. The van der Waals surface area contributed by atoms with Gasteiger partial charge in [-0.15, -0.1) is 0 Å². The van der Waals surface area contributed by atoms with Crippen molar-refractivity contribution in [1.29, 1.82) is 0 Å². The fraction of sp³-hybridized carbons (Fsp3) is 0.824. The number of carboxylic acid groups (broad SMARTS) is 1. The topological polar surface area (TPSA) is 156 Å². The average Bonchev–Trinajstić information content (AvgIpc) is 3.12. The molecule has 11 nitrogen and oxygen atoms in total. The van der Waals surface area contributed by atoms with Crippen molar-refractivity contribution in [3.8, 4) is 0 Å². The molecule has 0 aliphatic carbocycles. The van der Waals surface area contributed by atoms with Crippen LogP contribution < -0.4 is 11.1 Å². The summed E-state index contributed by atoms with van der Waals surface area (Å²) in [5, 5.41) is 9.74. The number of aliphatic carboxylic acids is 1. The Morgan fingerprint density at radius 2 is 1.81 bits per heavy atom. The number of hydrogen-bond donors (Lipinski definition) is 3. The molecule has 0 spiro atoms. The molecule has 2 aliphatic heterocycles. The van der Waals surface area contributed by atoms with E-state index in [0.29, 0.717) is 0 Å². The maximum absolute atomic E-state index is 11.9. The van der Waals surface area contributed by atoms with E-state index in [0.717, 1.165) is 0 Å². The molecular weight excluding hydrogens is 433 g/mol. The van der Waals surface area contributed by atoms with Crippen LogP contribution in [-0.2, 0) is 38.1 Å². The highest BCUT2D eigenvalue weighted by Gasteiger charge is 2.56. The maximum atomic E-state index is 11.9. The van der Waals surface area contributed by atoms with Gasteiger partial charge in [0.25, 0.3) is 0 Å². The molecule has 0 bridgehead atoms. The van der Waals surface area contributed by atoms with Gasteiger partial charge in [0.15, 0.2) is 12.1 Å². The Kier molecular flexibility index (Phi) is 9.63. The molecule has 2 aliphatic rings. The van der Waals surface area contributed by atoms with Gasteiger partial charge in [0.05, 0.1) is 13.5 Å². The van der Waals surface area contributed by atoms with E-state index in [-0.39, 0.29) is 37.4 Å². The molecule has 5 atom stereocenters. The summed E-state index contributed by atoms with van der Waals surface area (Å²) in [4.78, 5) is 31.8. The molecule has 180 valence electrons. The zero-order chi connectivity index (χ0) is 24.0. The van der Waals surface area contributed by atoms with Gasteiger partial charge in [-0.1, -0.05) is 0 Å². The van der Waals surface area contributed by atoms with Crippen LogP contribution in [0.4, 0.5) is 13.2 Å². The number of carbonyl (C=O) groups is 3. The number of amides is 1. The largest absolute Gasteiger partial charge is 0.490 e. The third-order valence-electron chi connectivity index (χ3n) is 4.26. The van der Waals surface area contributed by atoms with Gasteiger partial charge in [-0.05, 0) is 13.8 Å². The molecule has 2 heterocycles. The minimum absolute atomic E-state index is 0.0362. The summed E-state index contributed by atoms with van der Waals surface area (Å²) in [6, 6.07) is -0.589. The summed E-state index contributed by atoms with van der Waals surface area (Å²) in [5.41, 5.74) is 6.11. The number of esters is 1. The minimum Gasteiger partial charge on any atom is -0.475 e. The lowest BCUT2D eigenvalue weighted by Gasteiger charge is -2.28. The quantitative estimate of drug-likeness (QED) is 0.439. The number of carboxylic acids is 1. The second-order valence-electron chi connectivity index (χ2n) is 7.12. The van der Waals surface area contributed by atoms with Crippen LogP contribution in [0.1, 0.15) is 26.7 Å². The van der Waals surface area contributed by atoms with Crippen LogP contribution in [0.2, 0.25) is 0 Å². The van der Waals surface area contributed by atoms with Crippen molar-refractivity contribution in [2.75, 3.05) is 20.8 Å². The summed E-state index contributed by atoms with van der Waals surface area (Å²) >= 11 is 0. The molecule has 2 saturated heterocycles. The first-order chi connectivity index (χ1) is 14.2. The summed E-state index contributed by atoms with van der Waals surface area (Å²) in [6.45, 7) is 3.79. The molecular formula is C17H27F3N2O9. The van der Waals surface area contributed by atoms with E-state index in [1.54, 1.807) is 21.0 Å². The van der Waals surface area contributed by atoms with Crippen molar-refractivity contribution in [1.82, 2.24) is 5.32 Å². The summed E-state index contributed by atoms with van der Waals surface area (Å²) in [6.07, 6.45) is -6.83. The van der Waals surface area contributed by atoms with Crippen molar-refractivity contribution in [2.45, 2.75) is 69.3 Å². The van der Waals surface area contributed by atoms with Gasteiger partial charge in [-0.2, -0.15) is 13.2 Å². The predicted molar refractivity (Wildman–Crippen MR) is 95.4 cm³/mol. The second kappa shape index (κ2) is 11.0. The zero-order valence-corrected chi connectivity index (χ0v) is 17.4. The van der Waals surface area contributed by atoms with Gasteiger partial charge in [0.2, 0.25) is 5.91 Å². The molecule has 0 aromatic heterocycles. The van der Waals surface area contributed by atoms with Crippen molar-refractivity contribution >= 4 is 17.8 Å². The minimum atomic E-state index is -5.08. The van der Waals surface area contributed by atoms with E-state index in [4.69, 9.17) is 34.6 Å². The normalized spacial score (nSPS) is 27.5. The Morgan fingerprint density at radius 1 is 1.23 bits per heavy atom. The maximum Gasteiger partial charge on any atom is 0.490 e. The lowest BCUT2D eigenvalue weighted by molar-refractivity contribution is -0.219. The molecule has 0 radical (unpaired) electrons. The lowest BCUT2D eigenvalue weighted by atomic mass is 10.0. The first-order valence-electron chi connectivity index (χ1n) is 9.15. The van der Waals surface area contributed by atoms with Crippen molar-refractivity contribution in [2.24, 2.45) is 5.73 Å². The molecule has 1 amide bonds. The molecule has 31 heavy (non-hydrogen) atoms. The fourth-order valence-electron chi connectivity index (χ4n) is 2.93. The highest BCUT2D eigenvalue weighted by molar-refractivity contribution is 5.77. The summed E-state index contributed by atoms with van der Waals surface area (Å²) in [5.74, 6) is -4.16. The highest BCUT2D eigenvalue weighted by atomic mass is 19.4. The van der Waals surface area contributed by atoms with Gasteiger partial charge >= 0.3 is 18.1 Å². The second-order valence-corrected chi connectivity index (χ2v) is 7.12. The smallest absolute Gasteiger partial charge is 0.475 e. The number of alkyl halides is 3. The van der Waals surface area contributed by atoms with Crippen LogP contribution in [0.3, 0.4) is 0 Å². The Labute approximate surface area is 176 Å². The first-order valence-corrected chi connectivity index (χ1v) is 9.15. The van der Waals surface area contributed by atoms with E-state index in [1.165, 1.54) is 7.11 Å². The molecule has 14 heteroatoms. The predicted octanol–water partition coefficient (Wildman–Crippen LogP) is -0.0922. The number of fused-ring (bicyclic) bond motifs is 1. The van der Waals surface area contributed by atoms with Crippen LogP contribution in [0.5, 0.6) is 0 Å². The standard InChI is InChI=1S/C15H26N2O7.C2HF3O2/c1-15(2)23-13-12(21-4)11(22-14(13)24-15)8(16)7-9(18)17-6-5-10(19)20-3;3-2(4,5)1(6)7/h8,11-14H,5-7,16H2,1-4H3,(H,17,18);(H,6,7)/t8?,11-,12+,13-,14-;/m1./s1. The third-order valence-corrected chi connectivity index (χ3v) is 4.26. The van der Waals surface area contributed by atoms with E-state index in [1.807, 2.05) is 0 Å². The summed E-state index contributed by atoms with van der Waals surface area (Å²) in [7, 11) is 2.84. The van der Waals surface area contributed by atoms with E-state index in [9.17, 15) is 22.8 Å². The number of ether oxygens (including phenoxy) is 5. The Bertz CT molecular complexity index is 645. The SMILES string of the molecule is COC(=O)CCNC(=O)CC(N)[C@H]1O[C@@H]2OC(C)(C)O[C@@H]2[C@H]1OC.O=C(O)C(F)(F)F. The van der Waals surface area contributed by atoms with E-state index < -0.39 is 42.5 Å². The van der Waals surface area contributed by atoms with Crippen LogP contribution in [0.25, 0.3) is 0 Å². The number of nitrogens with two attached hydrogens (primary N) is 1. The number of methoxy groups -OCH3 is 2. The van der Waals surface area contributed by atoms with Crippen LogP contribution >= 0.6 is 0 Å². The molecule has 0 saturated carbocycles. The molecule has 2 fully saturated rings. The Morgan fingerprint density at radius 3 is 2.29 bits per heavy atom. The summed E-state index contributed by atoms with van der Waals surface area (Å²) < 4.78 is 58.9. The van der Waals surface area contributed by atoms with E-state index >= 15 is 0 Å². The van der Waals surface area contributed by atoms with Gasteiger partial charge in [0.1, 0.15) is 18.3 Å². The zero-order valence-electron chi connectivity index (χ0n) is 17.4. The number of rotatable bonds is 7. The van der Waals surface area contributed by atoms with Gasteiger partial charge < -0.3 is 39.8 Å². The molecule has 0 aromatic carbocycles. The lowest BCUT2D eigenvalue weighted by Crippen LogP contribution is -2.48. The van der Waals surface area contributed by atoms with Gasteiger partial charge in [-0.25, -0.2) is 4.79 Å². The Hall–Kier alpha value is -2.00. The van der Waals surface area contributed by atoms with Crippen LogP contribution in [0, 0.1) is 0 Å². The Balaban J connectivity index is 0.000000592. The molecule has 1 unspecified atom stereocenters. The van der Waals surface area contributed by atoms with E-state index in [2.05, 4.69) is 10.1 Å². The van der Waals surface area contributed by atoms with Gasteiger partial charge in [-0.3, -0.25) is 9.59 Å². The van der Waals surface area contributed by atoms with Crippen molar-refractivity contribution in [3.63, 3.8) is 0 Å². The third kappa shape index (κ3) is 8.22. The monoisotopic (exact) mass is 460 g/mol. The molecule has 2 rings (SSSR count). The fourth-order valence-corrected chi connectivity index (χ4v) is 2.93. The van der Waals surface area contributed by atoms with Crippen molar-refractivity contribution < 1.29 is 56.3 Å². The van der Waals surface area contributed by atoms with Crippen molar-refractivity contribution in [3.05, 3.63) is 0 Å².